The number of rotatable bonds is 8. The average molecular weight is 409 g/mol. The highest BCUT2D eigenvalue weighted by molar-refractivity contribution is 7.92. The molecule has 158 valence electrons. The Bertz CT molecular complexity index is 740. The normalized spacial score (nSPS) is 19.1. The van der Waals surface area contributed by atoms with E-state index in [2.05, 4.69) is 18.7 Å². The third-order valence-electron chi connectivity index (χ3n) is 6.21. The smallest absolute Gasteiger partial charge is 0.232 e. The maximum Gasteiger partial charge on any atom is 0.232 e. The molecule has 0 unspecified atom stereocenters. The lowest BCUT2D eigenvalue weighted by Gasteiger charge is -2.34. The molecule has 0 saturated carbocycles. The van der Waals surface area contributed by atoms with E-state index < -0.39 is 10.0 Å². The number of nitrogens with zero attached hydrogens (tertiary/aromatic N) is 2. The second-order valence-corrected chi connectivity index (χ2v) is 10.5. The lowest BCUT2D eigenvalue weighted by Crippen LogP contribution is -2.38. The Hall–Kier alpha value is -1.27. The maximum atomic E-state index is 12.0. The third-order valence-corrected chi connectivity index (χ3v) is 7.39. The number of unbranched alkanes of at least 4 members (excludes halogenated alkanes) is 1. The van der Waals surface area contributed by atoms with Crippen molar-refractivity contribution in [2.75, 3.05) is 36.8 Å². The van der Waals surface area contributed by atoms with Crippen molar-refractivity contribution in [2.45, 2.75) is 64.8 Å². The molecule has 0 spiro atoms. The van der Waals surface area contributed by atoms with Crippen molar-refractivity contribution in [3.05, 3.63) is 23.8 Å². The van der Waals surface area contributed by atoms with Gasteiger partial charge in [-0.2, -0.15) is 0 Å². The van der Waals surface area contributed by atoms with Crippen LogP contribution in [0.4, 0.5) is 5.69 Å². The fraction of sp³-hybridized carbons (Fsp3) is 0.727. The standard InChI is InChI=1S/C22H36N2O3S/c1-18(2)23-15-12-19(13-16-23)8-4-5-17-27-22-11-6-10-21-20(22)9-7-14-24(21)28(3,25)26/h6,10-11,18-19H,4-5,7-9,12-17H2,1-3H3. The second-order valence-electron chi connectivity index (χ2n) is 8.61. The van der Waals surface area contributed by atoms with Gasteiger partial charge < -0.3 is 9.64 Å². The van der Waals surface area contributed by atoms with E-state index in [1.54, 1.807) is 0 Å². The minimum absolute atomic E-state index is 0.560. The van der Waals surface area contributed by atoms with E-state index in [1.165, 1.54) is 49.3 Å². The molecule has 0 aliphatic carbocycles. The molecule has 0 atom stereocenters. The lowest BCUT2D eigenvalue weighted by atomic mass is 9.91. The van der Waals surface area contributed by atoms with Gasteiger partial charge >= 0.3 is 0 Å². The lowest BCUT2D eigenvalue weighted by molar-refractivity contribution is 0.143. The molecule has 1 saturated heterocycles. The molecule has 0 amide bonds. The van der Waals surface area contributed by atoms with E-state index in [4.69, 9.17) is 4.74 Å². The van der Waals surface area contributed by atoms with E-state index in [0.29, 0.717) is 19.2 Å². The molecule has 1 aromatic rings. The van der Waals surface area contributed by atoms with E-state index in [0.717, 1.165) is 42.2 Å². The number of benzene rings is 1. The van der Waals surface area contributed by atoms with Gasteiger partial charge in [-0.05, 0) is 83.5 Å². The highest BCUT2D eigenvalue weighted by atomic mass is 32.2. The Balaban J connectivity index is 1.45. The van der Waals surface area contributed by atoms with Crippen LogP contribution < -0.4 is 9.04 Å². The minimum atomic E-state index is -3.23. The van der Waals surface area contributed by atoms with E-state index in [-0.39, 0.29) is 0 Å². The monoisotopic (exact) mass is 408 g/mol. The molecule has 2 aliphatic heterocycles. The number of anilines is 1. The van der Waals surface area contributed by atoms with Crippen molar-refractivity contribution in [2.24, 2.45) is 5.92 Å². The molecule has 1 fully saturated rings. The van der Waals surface area contributed by atoms with Crippen LogP contribution in [-0.2, 0) is 16.4 Å². The van der Waals surface area contributed by atoms with Crippen LogP contribution in [0.15, 0.2) is 18.2 Å². The van der Waals surface area contributed by atoms with E-state index in [9.17, 15) is 8.42 Å². The number of fused-ring (bicyclic) bond motifs is 1. The zero-order chi connectivity index (χ0) is 20.1. The summed E-state index contributed by atoms with van der Waals surface area (Å²) in [5.74, 6) is 1.72. The summed E-state index contributed by atoms with van der Waals surface area (Å²) in [4.78, 5) is 2.58. The number of hydrogen-bond donors (Lipinski definition) is 0. The molecular formula is C22H36N2O3S. The van der Waals surface area contributed by atoms with Crippen LogP contribution in [0.3, 0.4) is 0 Å². The SMILES string of the molecule is CC(C)N1CCC(CCCCOc2cccc3c2CCCN3S(C)(=O)=O)CC1. The summed E-state index contributed by atoms with van der Waals surface area (Å²) in [5.41, 5.74) is 1.84. The van der Waals surface area contributed by atoms with Crippen molar-refractivity contribution in [3.8, 4) is 5.75 Å². The van der Waals surface area contributed by atoms with E-state index in [1.807, 2.05) is 18.2 Å². The summed E-state index contributed by atoms with van der Waals surface area (Å²) in [7, 11) is -3.23. The number of hydrogen-bond acceptors (Lipinski definition) is 4. The second kappa shape index (κ2) is 9.49. The van der Waals surface area contributed by atoms with Crippen molar-refractivity contribution < 1.29 is 13.2 Å². The number of piperidine rings is 1. The average Bonchev–Trinajstić information content (AvgIpc) is 2.67. The number of likely N-dealkylation sites (tertiary alicyclic amines) is 1. The Morgan fingerprint density at radius 3 is 2.57 bits per heavy atom. The summed E-state index contributed by atoms with van der Waals surface area (Å²) in [6, 6.07) is 6.45. The van der Waals surface area contributed by atoms with Crippen molar-refractivity contribution >= 4 is 15.7 Å². The molecule has 1 aromatic carbocycles. The minimum Gasteiger partial charge on any atom is -0.493 e. The molecular weight excluding hydrogens is 372 g/mol. The van der Waals surface area contributed by atoms with Gasteiger partial charge in [0.15, 0.2) is 0 Å². The fourth-order valence-corrected chi connectivity index (χ4v) is 5.50. The van der Waals surface area contributed by atoms with Crippen LogP contribution >= 0.6 is 0 Å². The predicted molar refractivity (Wildman–Crippen MR) is 116 cm³/mol. The van der Waals surface area contributed by atoms with E-state index >= 15 is 0 Å². The summed E-state index contributed by atoms with van der Waals surface area (Å²) in [6.07, 6.45) is 9.21. The largest absolute Gasteiger partial charge is 0.493 e. The Kier molecular flexibility index (Phi) is 7.26. The molecule has 3 rings (SSSR count). The Morgan fingerprint density at radius 2 is 1.89 bits per heavy atom. The number of ether oxygens (including phenoxy) is 1. The van der Waals surface area contributed by atoms with Gasteiger partial charge in [-0.3, -0.25) is 4.31 Å². The highest BCUT2D eigenvalue weighted by Gasteiger charge is 2.26. The van der Waals surface area contributed by atoms with Crippen LogP contribution in [0.25, 0.3) is 0 Å². The topological polar surface area (TPSA) is 49.9 Å². The first-order valence-corrected chi connectivity index (χ1v) is 12.7. The van der Waals surface area contributed by atoms with Crippen LogP contribution in [0.5, 0.6) is 5.75 Å². The zero-order valence-electron chi connectivity index (χ0n) is 17.7. The first-order chi connectivity index (χ1) is 13.4. The molecule has 2 heterocycles. The molecule has 0 bridgehead atoms. The summed E-state index contributed by atoms with van der Waals surface area (Å²) in [6.45, 7) is 8.33. The summed E-state index contributed by atoms with van der Waals surface area (Å²) >= 11 is 0. The molecule has 0 aromatic heterocycles. The first kappa shape index (κ1) is 21.4. The summed E-state index contributed by atoms with van der Waals surface area (Å²) in [5, 5.41) is 0. The van der Waals surface area contributed by atoms with Gasteiger partial charge in [0.05, 0.1) is 18.6 Å². The molecule has 2 aliphatic rings. The molecule has 0 radical (unpaired) electrons. The predicted octanol–water partition coefficient (Wildman–Crippen LogP) is 4.07. The zero-order valence-corrected chi connectivity index (χ0v) is 18.5. The molecule has 0 N–H and O–H groups in total. The Labute approximate surface area is 171 Å². The van der Waals surface area contributed by atoms with Gasteiger partial charge in [0.25, 0.3) is 0 Å². The third kappa shape index (κ3) is 5.41. The van der Waals surface area contributed by atoms with Gasteiger partial charge in [-0.15, -0.1) is 0 Å². The van der Waals surface area contributed by atoms with Gasteiger partial charge in [-0.25, -0.2) is 8.42 Å². The molecule has 5 nitrogen and oxygen atoms in total. The highest BCUT2D eigenvalue weighted by Crippen LogP contribution is 2.35. The van der Waals surface area contributed by atoms with Crippen molar-refractivity contribution in [3.63, 3.8) is 0 Å². The van der Waals surface area contributed by atoms with Gasteiger partial charge in [0.1, 0.15) is 5.75 Å². The Morgan fingerprint density at radius 1 is 1.14 bits per heavy atom. The van der Waals surface area contributed by atoms with Crippen LogP contribution in [0.1, 0.15) is 57.9 Å². The first-order valence-electron chi connectivity index (χ1n) is 10.8. The number of sulfonamides is 1. The van der Waals surface area contributed by atoms with Crippen molar-refractivity contribution in [1.82, 2.24) is 4.90 Å². The van der Waals surface area contributed by atoms with Crippen LogP contribution in [0, 0.1) is 5.92 Å². The van der Waals surface area contributed by atoms with Crippen LogP contribution in [0.2, 0.25) is 0 Å². The quantitative estimate of drug-likeness (QED) is 0.609. The van der Waals surface area contributed by atoms with Gasteiger partial charge in [0.2, 0.25) is 10.0 Å². The summed E-state index contributed by atoms with van der Waals surface area (Å²) < 4.78 is 31.7. The van der Waals surface area contributed by atoms with Crippen LogP contribution in [-0.4, -0.2) is 51.9 Å². The van der Waals surface area contributed by atoms with Crippen molar-refractivity contribution in [1.29, 1.82) is 0 Å². The van der Waals surface area contributed by atoms with Gasteiger partial charge in [-0.1, -0.05) is 12.5 Å². The molecule has 6 heteroatoms. The molecule has 28 heavy (non-hydrogen) atoms. The van der Waals surface area contributed by atoms with Gasteiger partial charge in [0, 0.05) is 18.2 Å². The fourth-order valence-electron chi connectivity index (χ4n) is 4.51. The maximum absolute atomic E-state index is 12.0.